The van der Waals surface area contributed by atoms with Crippen LogP contribution < -0.4 is 9.46 Å². The van der Waals surface area contributed by atoms with E-state index in [0.29, 0.717) is 5.75 Å². The molecule has 0 saturated carbocycles. The molecule has 0 aromatic heterocycles. The third kappa shape index (κ3) is 4.33. The van der Waals surface area contributed by atoms with Crippen molar-refractivity contribution in [3.8, 4) is 5.75 Å². The van der Waals surface area contributed by atoms with Gasteiger partial charge in [0.1, 0.15) is 5.75 Å². The molecule has 96 valence electrons. The Morgan fingerprint density at radius 1 is 1.29 bits per heavy atom. The number of methoxy groups -OCH3 is 1. The molecule has 0 spiro atoms. The van der Waals surface area contributed by atoms with E-state index in [0.717, 1.165) is 0 Å². The summed E-state index contributed by atoms with van der Waals surface area (Å²) < 4.78 is 30.9. The number of hydrogen-bond acceptors (Lipinski definition) is 4. The topological polar surface area (TPSA) is 75.6 Å². The van der Waals surface area contributed by atoms with Crippen molar-refractivity contribution < 1.29 is 18.3 Å². The van der Waals surface area contributed by atoms with E-state index in [-0.39, 0.29) is 11.4 Å². The monoisotopic (exact) mass is 259 g/mol. The van der Waals surface area contributed by atoms with E-state index < -0.39 is 15.6 Å². The zero-order valence-electron chi connectivity index (χ0n) is 10.1. The van der Waals surface area contributed by atoms with Gasteiger partial charge in [0.15, 0.2) is 0 Å². The van der Waals surface area contributed by atoms with Gasteiger partial charge in [0.25, 0.3) is 0 Å². The first-order valence-electron chi connectivity index (χ1n) is 5.11. The summed E-state index contributed by atoms with van der Waals surface area (Å²) in [6.07, 6.45) is 0. The molecule has 17 heavy (non-hydrogen) atoms. The molecule has 0 heterocycles. The Labute approximate surface area is 101 Å². The molecule has 5 nitrogen and oxygen atoms in total. The van der Waals surface area contributed by atoms with Crippen molar-refractivity contribution in [1.82, 2.24) is 4.72 Å². The second-order valence-electron chi connectivity index (χ2n) is 4.31. The quantitative estimate of drug-likeness (QED) is 0.818. The van der Waals surface area contributed by atoms with Crippen LogP contribution in [0.2, 0.25) is 0 Å². The summed E-state index contributed by atoms with van der Waals surface area (Å²) in [7, 11) is -2.07. The van der Waals surface area contributed by atoms with Crippen LogP contribution in [-0.2, 0) is 10.0 Å². The van der Waals surface area contributed by atoms with E-state index in [9.17, 15) is 13.5 Å². The number of hydrogen-bond donors (Lipinski definition) is 2. The van der Waals surface area contributed by atoms with E-state index >= 15 is 0 Å². The summed E-state index contributed by atoms with van der Waals surface area (Å²) in [4.78, 5) is 0.141. The Hall–Kier alpha value is -1.11. The zero-order valence-corrected chi connectivity index (χ0v) is 10.9. The fourth-order valence-electron chi connectivity index (χ4n) is 1.11. The van der Waals surface area contributed by atoms with Crippen LogP contribution in [-0.4, -0.2) is 32.8 Å². The third-order valence-electron chi connectivity index (χ3n) is 2.06. The van der Waals surface area contributed by atoms with Crippen LogP contribution in [0.4, 0.5) is 0 Å². The fraction of sp³-hybridized carbons (Fsp3) is 0.455. The predicted molar refractivity (Wildman–Crippen MR) is 64.5 cm³/mol. The normalized spacial score (nSPS) is 12.5. The molecule has 0 unspecified atom stereocenters. The Balaban J connectivity index is 2.82. The minimum Gasteiger partial charge on any atom is -0.497 e. The smallest absolute Gasteiger partial charge is 0.240 e. The largest absolute Gasteiger partial charge is 0.497 e. The van der Waals surface area contributed by atoms with Crippen LogP contribution in [0.25, 0.3) is 0 Å². The Bertz CT molecular complexity index is 459. The lowest BCUT2D eigenvalue weighted by atomic mass is 10.1. The average molecular weight is 259 g/mol. The average Bonchev–Trinajstić information content (AvgIpc) is 2.26. The first kappa shape index (κ1) is 14.0. The van der Waals surface area contributed by atoms with Gasteiger partial charge < -0.3 is 9.84 Å². The van der Waals surface area contributed by atoms with E-state index in [1.54, 1.807) is 12.1 Å². The molecular weight excluding hydrogens is 242 g/mol. The van der Waals surface area contributed by atoms with Crippen LogP contribution in [0.15, 0.2) is 29.2 Å². The maximum Gasteiger partial charge on any atom is 0.240 e. The number of aliphatic hydroxyl groups is 1. The summed E-state index contributed by atoms with van der Waals surface area (Å²) in [5.74, 6) is 0.589. The van der Waals surface area contributed by atoms with Gasteiger partial charge in [-0.15, -0.1) is 0 Å². The number of rotatable bonds is 5. The molecule has 0 aliphatic rings. The summed E-state index contributed by atoms with van der Waals surface area (Å²) in [5.41, 5.74) is -1.08. The Morgan fingerprint density at radius 2 is 1.82 bits per heavy atom. The van der Waals surface area contributed by atoms with Crippen molar-refractivity contribution in [3.05, 3.63) is 24.3 Å². The molecule has 0 fully saturated rings. The van der Waals surface area contributed by atoms with Crippen molar-refractivity contribution in [1.29, 1.82) is 0 Å². The second-order valence-corrected chi connectivity index (χ2v) is 6.08. The summed E-state index contributed by atoms with van der Waals surface area (Å²) in [6, 6.07) is 6.04. The van der Waals surface area contributed by atoms with E-state index in [4.69, 9.17) is 4.74 Å². The van der Waals surface area contributed by atoms with Gasteiger partial charge in [-0.1, -0.05) is 0 Å². The molecule has 2 N–H and O–H groups in total. The first-order chi connectivity index (χ1) is 7.74. The van der Waals surface area contributed by atoms with Gasteiger partial charge in [0, 0.05) is 6.54 Å². The lowest BCUT2D eigenvalue weighted by molar-refractivity contribution is 0.0857. The van der Waals surface area contributed by atoms with Crippen LogP contribution in [0.5, 0.6) is 5.75 Å². The van der Waals surface area contributed by atoms with Crippen molar-refractivity contribution in [3.63, 3.8) is 0 Å². The Morgan fingerprint density at radius 3 is 2.24 bits per heavy atom. The number of benzene rings is 1. The van der Waals surface area contributed by atoms with Gasteiger partial charge in [-0.2, -0.15) is 0 Å². The minimum atomic E-state index is -3.58. The van der Waals surface area contributed by atoms with Gasteiger partial charge in [0.05, 0.1) is 17.6 Å². The highest BCUT2D eigenvalue weighted by Gasteiger charge is 2.19. The molecule has 0 amide bonds. The molecule has 0 bridgehead atoms. The molecule has 1 aromatic carbocycles. The SMILES string of the molecule is COc1ccc(S(=O)(=O)NCC(C)(C)O)cc1. The highest BCUT2D eigenvalue weighted by Crippen LogP contribution is 2.15. The van der Waals surface area contributed by atoms with E-state index in [1.807, 2.05) is 0 Å². The zero-order chi connectivity index (χ0) is 13.1. The number of sulfonamides is 1. The standard InChI is InChI=1S/C11H17NO4S/c1-11(2,13)8-12-17(14,15)10-6-4-9(16-3)5-7-10/h4-7,12-13H,8H2,1-3H3. The Kier molecular flexibility index (Phi) is 4.13. The number of nitrogens with one attached hydrogen (secondary N) is 1. The highest BCUT2D eigenvalue weighted by atomic mass is 32.2. The fourth-order valence-corrected chi connectivity index (χ4v) is 2.31. The van der Waals surface area contributed by atoms with Crippen LogP contribution >= 0.6 is 0 Å². The predicted octanol–water partition coefficient (Wildman–Crippen LogP) is 0.744. The van der Waals surface area contributed by atoms with Crippen molar-refractivity contribution >= 4 is 10.0 Å². The van der Waals surface area contributed by atoms with Crippen LogP contribution in [0.3, 0.4) is 0 Å². The van der Waals surface area contributed by atoms with E-state index in [2.05, 4.69) is 4.72 Å². The van der Waals surface area contributed by atoms with Gasteiger partial charge >= 0.3 is 0 Å². The molecule has 0 aliphatic carbocycles. The molecule has 6 heteroatoms. The molecule has 0 saturated heterocycles. The van der Waals surface area contributed by atoms with Gasteiger partial charge in [-0.05, 0) is 38.1 Å². The van der Waals surface area contributed by atoms with Crippen molar-refractivity contribution in [2.24, 2.45) is 0 Å². The number of ether oxygens (including phenoxy) is 1. The summed E-state index contributed by atoms with van der Waals surface area (Å²) in [6.45, 7) is 3.02. The molecule has 0 atom stereocenters. The van der Waals surface area contributed by atoms with Crippen molar-refractivity contribution in [2.45, 2.75) is 24.3 Å². The lowest BCUT2D eigenvalue weighted by Gasteiger charge is -2.17. The lowest BCUT2D eigenvalue weighted by Crippen LogP contribution is -2.38. The van der Waals surface area contributed by atoms with Crippen LogP contribution in [0.1, 0.15) is 13.8 Å². The first-order valence-corrected chi connectivity index (χ1v) is 6.59. The summed E-state index contributed by atoms with van der Waals surface area (Å²) >= 11 is 0. The van der Waals surface area contributed by atoms with E-state index in [1.165, 1.54) is 33.1 Å². The van der Waals surface area contributed by atoms with Crippen molar-refractivity contribution in [2.75, 3.05) is 13.7 Å². The molecule has 0 aliphatic heterocycles. The molecule has 1 rings (SSSR count). The van der Waals surface area contributed by atoms with Crippen LogP contribution in [0, 0.1) is 0 Å². The summed E-state index contributed by atoms with van der Waals surface area (Å²) in [5, 5.41) is 9.46. The second kappa shape index (κ2) is 5.03. The molecule has 0 radical (unpaired) electrons. The molecular formula is C11H17NO4S. The van der Waals surface area contributed by atoms with Gasteiger partial charge in [-0.3, -0.25) is 0 Å². The van der Waals surface area contributed by atoms with Gasteiger partial charge in [-0.25, -0.2) is 13.1 Å². The third-order valence-corrected chi connectivity index (χ3v) is 3.48. The van der Waals surface area contributed by atoms with Gasteiger partial charge in [0.2, 0.25) is 10.0 Å². The molecule has 1 aromatic rings. The highest BCUT2D eigenvalue weighted by molar-refractivity contribution is 7.89. The maximum atomic E-state index is 11.8. The maximum absolute atomic E-state index is 11.8. The minimum absolute atomic E-state index is 0.0403.